The molecule has 0 unspecified atom stereocenters. The lowest BCUT2D eigenvalue weighted by Gasteiger charge is -2.62. The molecular weight excluding hydrogens is 242 g/mol. The molecule has 108 valence electrons. The van der Waals surface area contributed by atoms with E-state index in [1.165, 1.54) is 38.6 Å². The highest BCUT2D eigenvalue weighted by Crippen LogP contribution is 2.67. The van der Waals surface area contributed by atoms with Crippen LogP contribution in [-0.2, 0) is 0 Å². The predicted molar refractivity (Wildman–Crippen MR) is 83.7 cm³/mol. The van der Waals surface area contributed by atoms with Gasteiger partial charge in [-0.05, 0) is 86.8 Å². The monoisotopic (exact) mass is 269 g/mol. The summed E-state index contributed by atoms with van der Waals surface area (Å²) in [7, 11) is 2.11. The molecule has 5 rings (SSSR count). The third kappa shape index (κ3) is 1.94. The first-order valence-electron chi connectivity index (χ1n) is 8.50. The molecule has 4 aliphatic rings. The van der Waals surface area contributed by atoms with Crippen molar-refractivity contribution in [3.63, 3.8) is 0 Å². The molecule has 0 spiro atoms. The van der Waals surface area contributed by atoms with Gasteiger partial charge in [0.25, 0.3) is 0 Å². The maximum Gasteiger partial charge on any atom is -0.00464 e. The van der Waals surface area contributed by atoms with Gasteiger partial charge in [0.2, 0.25) is 0 Å². The average molecular weight is 269 g/mol. The first-order chi connectivity index (χ1) is 9.81. The van der Waals surface area contributed by atoms with Crippen molar-refractivity contribution < 1.29 is 0 Å². The van der Waals surface area contributed by atoms with E-state index in [9.17, 15) is 0 Å². The Bertz CT molecular complexity index is 452. The summed E-state index contributed by atoms with van der Waals surface area (Å²) in [5.74, 6) is 3.90. The fourth-order valence-electron chi connectivity index (χ4n) is 6.23. The smallest absolute Gasteiger partial charge is 0.00464 e. The quantitative estimate of drug-likeness (QED) is 0.863. The largest absolute Gasteiger partial charge is 0.320 e. The average Bonchev–Trinajstić information content (AvgIpc) is 2.45. The Labute approximate surface area is 123 Å². The summed E-state index contributed by atoms with van der Waals surface area (Å²) in [4.78, 5) is 0. The predicted octanol–water partition coefficient (Wildman–Crippen LogP) is 4.21. The number of hydrogen-bond donors (Lipinski definition) is 1. The summed E-state index contributed by atoms with van der Waals surface area (Å²) in [6.45, 7) is 1.19. The standard InChI is InChI=1S/C19H27N/c1-20-8-7-19-12-14-9-15(13-19)11-17(10-14)18(19)16-5-3-2-4-6-16/h2-6,14-15,17-18,20H,7-13H2,1H3/t14-,15-,17?,18-,19?/m0/s1. The Morgan fingerprint density at radius 2 is 1.75 bits per heavy atom. The zero-order valence-corrected chi connectivity index (χ0v) is 12.6. The molecule has 1 N–H and O–H groups in total. The summed E-state index contributed by atoms with van der Waals surface area (Å²) < 4.78 is 0. The molecule has 0 saturated heterocycles. The maximum atomic E-state index is 3.41. The van der Waals surface area contributed by atoms with Crippen molar-refractivity contribution in [3.05, 3.63) is 35.9 Å². The fraction of sp³-hybridized carbons (Fsp3) is 0.684. The molecule has 0 heterocycles. The topological polar surface area (TPSA) is 12.0 Å². The van der Waals surface area contributed by atoms with Gasteiger partial charge < -0.3 is 5.32 Å². The lowest BCUT2D eigenvalue weighted by Crippen LogP contribution is -2.52. The zero-order valence-electron chi connectivity index (χ0n) is 12.6. The van der Waals surface area contributed by atoms with E-state index in [0.29, 0.717) is 5.41 Å². The SMILES string of the molecule is CNCCC12C[C@@H]3CC(C[C@H](C3)C1)[C@@H]2c1ccccc1. The number of nitrogens with one attached hydrogen (secondary N) is 1. The Hall–Kier alpha value is -0.820. The van der Waals surface area contributed by atoms with Crippen molar-refractivity contribution in [1.82, 2.24) is 5.32 Å². The number of benzene rings is 1. The van der Waals surface area contributed by atoms with Gasteiger partial charge in [-0.2, -0.15) is 0 Å². The van der Waals surface area contributed by atoms with Crippen molar-refractivity contribution >= 4 is 0 Å². The van der Waals surface area contributed by atoms with Crippen molar-refractivity contribution in [2.24, 2.45) is 23.2 Å². The first-order valence-corrected chi connectivity index (χ1v) is 8.50. The molecule has 1 aromatic carbocycles. The van der Waals surface area contributed by atoms with Crippen LogP contribution in [0.4, 0.5) is 0 Å². The third-order valence-electron chi connectivity index (χ3n) is 6.49. The van der Waals surface area contributed by atoms with Gasteiger partial charge >= 0.3 is 0 Å². The van der Waals surface area contributed by atoms with E-state index in [1.807, 2.05) is 0 Å². The van der Waals surface area contributed by atoms with Gasteiger partial charge in [0, 0.05) is 0 Å². The molecule has 4 fully saturated rings. The van der Waals surface area contributed by atoms with Crippen molar-refractivity contribution in [2.75, 3.05) is 13.6 Å². The lowest BCUT2D eigenvalue weighted by molar-refractivity contribution is -0.0794. The van der Waals surface area contributed by atoms with Crippen LogP contribution in [0.15, 0.2) is 30.3 Å². The minimum atomic E-state index is 0.610. The van der Waals surface area contributed by atoms with Gasteiger partial charge in [0.1, 0.15) is 0 Å². The molecule has 3 atom stereocenters. The summed E-state index contributed by atoms with van der Waals surface area (Å²) in [5, 5.41) is 3.41. The van der Waals surface area contributed by atoms with Crippen LogP contribution in [0.25, 0.3) is 0 Å². The van der Waals surface area contributed by atoms with E-state index in [1.54, 1.807) is 12.0 Å². The lowest BCUT2D eigenvalue weighted by atomic mass is 9.43. The van der Waals surface area contributed by atoms with Crippen molar-refractivity contribution in [2.45, 2.75) is 44.4 Å². The van der Waals surface area contributed by atoms with Crippen molar-refractivity contribution in [3.8, 4) is 0 Å². The van der Waals surface area contributed by atoms with Crippen LogP contribution in [0, 0.1) is 23.2 Å². The van der Waals surface area contributed by atoms with Gasteiger partial charge in [-0.25, -0.2) is 0 Å². The summed E-state index contributed by atoms with van der Waals surface area (Å²) in [6.07, 6.45) is 8.95. The first kappa shape index (κ1) is 12.9. The van der Waals surface area contributed by atoms with Crippen LogP contribution in [0.1, 0.15) is 50.0 Å². The molecule has 4 bridgehead atoms. The van der Waals surface area contributed by atoms with E-state index in [4.69, 9.17) is 0 Å². The van der Waals surface area contributed by atoms with Crippen LogP contribution in [0.5, 0.6) is 0 Å². The second-order valence-electron chi connectivity index (χ2n) is 7.71. The molecule has 0 amide bonds. The molecule has 20 heavy (non-hydrogen) atoms. The Kier molecular flexibility index (Phi) is 3.14. The van der Waals surface area contributed by atoms with Crippen LogP contribution in [0.2, 0.25) is 0 Å². The molecule has 1 heteroatoms. The minimum Gasteiger partial charge on any atom is -0.320 e. The van der Waals surface area contributed by atoms with Gasteiger partial charge in [0.15, 0.2) is 0 Å². The van der Waals surface area contributed by atoms with Crippen molar-refractivity contribution in [1.29, 1.82) is 0 Å². The zero-order chi connectivity index (χ0) is 13.6. The van der Waals surface area contributed by atoms with Crippen LogP contribution in [-0.4, -0.2) is 13.6 Å². The third-order valence-corrected chi connectivity index (χ3v) is 6.49. The Morgan fingerprint density at radius 1 is 1.05 bits per heavy atom. The van der Waals surface area contributed by atoms with Crippen LogP contribution in [0.3, 0.4) is 0 Å². The molecule has 4 saturated carbocycles. The second-order valence-corrected chi connectivity index (χ2v) is 7.71. The molecule has 0 aliphatic heterocycles. The van der Waals surface area contributed by atoms with E-state index in [2.05, 4.69) is 42.7 Å². The van der Waals surface area contributed by atoms with Gasteiger partial charge in [-0.1, -0.05) is 30.3 Å². The van der Waals surface area contributed by atoms with Gasteiger partial charge in [-0.15, -0.1) is 0 Å². The molecule has 4 aliphatic carbocycles. The maximum absolute atomic E-state index is 3.41. The highest BCUT2D eigenvalue weighted by atomic mass is 14.8. The second kappa shape index (κ2) is 4.87. The molecule has 1 aromatic rings. The highest BCUT2D eigenvalue weighted by molar-refractivity contribution is 5.27. The molecule has 0 radical (unpaired) electrons. The normalized spacial score (nSPS) is 42.0. The van der Waals surface area contributed by atoms with Gasteiger partial charge in [0.05, 0.1) is 0 Å². The van der Waals surface area contributed by atoms with E-state index >= 15 is 0 Å². The Balaban J connectivity index is 1.71. The van der Waals surface area contributed by atoms with Crippen LogP contribution < -0.4 is 5.32 Å². The van der Waals surface area contributed by atoms with E-state index in [0.717, 1.165) is 23.7 Å². The molecule has 0 aromatic heterocycles. The summed E-state index contributed by atoms with van der Waals surface area (Å²) in [5.41, 5.74) is 2.24. The summed E-state index contributed by atoms with van der Waals surface area (Å²) >= 11 is 0. The minimum absolute atomic E-state index is 0.610. The van der Waals surface area contributed by atoms with Crippen LogP contribution >= 0.6 is 0 Å². The number of rotatable bonds is 4. The fourth-order valence-corrected chi connectivity index (χ4v) is 6.23. The highest BCUT2D eigenvalue weighted by Gasteiger charge is 2.56. The number of hydrogen-bond acceptors (Lipinski definition) is 1. The summed E-state index contributed by atoms with van der Waals surface area (Å²) in [6, 6.07) is 11.4. The molecule has 1 nitrogen and oxygen atoms in total. The van der Waals surface area contributed by atoms with Gasteiger partial charge in [-0.3, -0.25) is 0 Å². The van der Waals surface area contributed by atoms with E-state index < -0.39 is 0 Å². The Morgan fingerprint density at radius 3 is 2.40 bits per heavy atom. The van der Waals surface area contributed by atoms with E-state index in [-0.39, 0.29) is 0 Å². The molecular formula is C19H27N.